The zero-order valence-electron chi connectivity index (χ0n) is 7.88. The van der Waals surface area contributed by atoms with Gasteiger partial charge in [-0.1, -0.05) is 36.1 Å². The molecule has 6 heteroatoms. The molecule has 0 atom stereocenters. The van der Waals surface area contributed by atoms with Crippen molar-refractivity contribution < 1.29 is 69.4 Å². The van der Waals surface area contributed by atoms with Crippen LogP contribution < -0.4 is 51.4 Å². The van der Waals surface area contributed by atoms with E-state index in [2.05, 4.69) is 0 Å². The molecular formula is C8H9BF3KO. The molecule has 0 aliphatic rings. The smallest absolute Gasteiger partial charge is 0.449 e. The van der Waals surface area contributed by atoms with Crippen LogP contribution in [0, 0.1) is 0 Å². The van der Waals surface area contributed by atoms with Crippen LogP contribution in [0.25, 0.3) is 0 Å². The molecule has 0 amide bonds. The summed E-state index contributed by atoms with van der Waals surface area (Å²) in [5.74, 6) is 0. The van der Waals surface area contributed by atoms with Gasteiger partial charge in [-0.25, -0.2) is 0 Å². The van der Waals surface area contributed by atoms with Gasteiger partial charge in [0.1, 0.15) is 0 Å². The van der Waals surface area contributed by atoms with Gasteiger partial charge in [0.25, 0.3) is 0 Å². The van der Waals surface area contributed by atoms with Crippen molar-refractivity contribution in [2.24, 2.45) is 0 Å². The Kier molecular flexibility index (Phi) is 6.60. The second kappa shape index (κ2) is 6.30. The van der Waals surface area contributed by atoms with Crippen LogP contribution in [0.15, 0.2) is 24.3 Å². The van der Waals surface area contributed by atoms with Crippen molar-refractivity contribution in [1.82, 2.24) is 0 Å². The maximum atomic E-state index is 11.9. The van der Waals surface area contributed by atoms with Gasteiger partial charge in [-0.15, -0.1) is 0 Å². The minimum absolute atomic E-state index is 0. The van der Waals surface area contributed by atoms with Crippen LogP contribution in [-0.2, 0) is 12.9 Å². The standard InChI is InChI=1S/C8H9BF3O.K/c10-9(11,12)5-7-1-3-8(6-13)4-2-7;/h1-4,13H,5-6H2;/q-1;+1. The normalized spacial score (nSPS) is 10.9. The van der Waals surface area contributed by atoms with Gasteiger partial charge in [-0.2, -0.15) is 0 Å². The molecule has 0 aliphatic heterocycles. The van der Waals surface area contributed by atoms with Crippen molar-refractivity contribution in [3.05, 3.63) is 35.4 Å². The minimum Gasteiger partial charge on any atom is -0.449 e. The van der Waals surface area contributed by atoms with Crippen LogP contribution in [0.5, 0.6) is 0 Å². The molecule has 1 rings (SSSR count). The molecule has 0 radical (unpaired) electrons. The Morgan fingerprint density at radius 2 is 1.43 bits per heavy atom. The molecule has 0 aromatic heterocycles. The monoisotopic (exact) mass is 228 g/mol. The van der Waals surface area contributed by atoms with Gasteiger partial charge in [0.2, 0.25) is 0 Å². The minimum atomic E-state index is -4.76. The topological polar surface area (TPSA) is 20.2 Å². The zero-order valence-corrected chi connectivity index (χ0v) is 11.0. The molecule has 0 heterocycles. The molecule has 0 fully saturated rings. The van der Waals surface area contributed by atoms with E-state index in [1.165, 1.54) is 24.3 Å². The third-order valence-corrected chi connectivity index (χ3v) is 1.67. The Hall–Kier alpha value is 0.671. The van der Waals surface area contributed by atoms with E-state index in [1.54, 1.807) is 0 Å². The average Bonchev–Trinajstić information content (AvgIpc) is 2.03. The van der Waals surface area contributed by atoms with Crippen molar-refractivity contribution in [2.45, 2.75) is 12.9 Å². The molecule has 14 heavy (non-hydrogen) atoms. The van der Waals surface area contributed by atoms with Gasteiger partial charge in [-0.3, -0.25) is 0 Å². The van der Waals surface area contributed by atoms with Crippen LogP contribution >= 0.6 is 0 Å². The summed E-state index contributed by atoms with van der Waals surface area (Å²) >= 11 is 0. The second-order valence-corrected chi connectivity index (χ2v) is 2.89. The Labute approximate surface area is 123 Å². The van der Waals surface area contributed by atoms with Gasteiger partial charge >= 0.3 is 58.4 Å². The van der Waals surface area contributed by atoms with Crippen molar-refractivity contribution in [2.75, 3.05) is 0 Å². The van der Waals surface area contributed by atoms with E-state index in [-0.39, 0.29) is 63.6 Å². The zero-order chi connectivity index (χ0) is 9.90. The number of aliphatic hydroxyl groups excluding tert-OH is 1. The summed E-state index contributed by atoms with van der Waals surface area (Å²) in [6.45, 7) is -4.90. The second-order valence-electron chi connectivity index (χ2n) is 2.89. The first-order valence-corrected chi connectivity index (χ1v) is 3.91. The fraction of sp³-hybridized carbons (Fsp3) is 0.250. The molecule has 0 bridgehead atoms. The molecule has 0 saturated heterocycles. The van der Waals surface area contributed by atoms with E-state index in [0.717, 1.165) is 0 Å². The van der Waals surface area contributed by atoms with E-state index in [1.807, 2.05) is 0 Å². The predicted molar refractivity (Wildman–Crippen MR) is 45.1 cm³/mol. The summed E-state index contributed by atoms with van der Waals surface area (Å²) < 4.78 is 35.8. The number of halogens is 3. The number of rotatable bonds is 3. The Morgan fingerprint density at radius 1 is 1.00 bits per heavy atom. The van der Waals surface area contributed by atoms with Crippen molar-refractivity contribution in [1.29, 1.82) is 0 Å². The van der Waals surface area contributed by atoms with E-state index in [9.17, 15) is 12.9 Å². The summed E-state index contributed by atoms with van der Waals surface area (Å²) in [5.41, 5.74) is 0.864. The molecule has 1 N–H and O–H groups in total. The van der Waals surface area contributed by atoms with Crippen molar-refractivity contribution >= 4 is 6.98 Å². The van der Waals surface area contributed by atoms with E-state index in [4.69, 9.17) is 5.11 Å². The molecule has 72 valence electrons. The van der Waals surface area contributed by atoms with Crippen molar-refractivity contribution in [3.63, 3.8) is 0 Å². The summed E-state index contributed by atoms with van der Waals surface area (Å²) in [4.78, 5) is 0. The maximum absolute atomic E-state index is 11.9. The fourth-order valence-electron chi connectivity index (χ4n) is 1.05. The first kappa shape index (κ1) is 14.7. The molecule has 0 saturated carbocycles. The quantitative estimate of drug-likeness (QED) is 0.665. The summed E-state index contributed by atoms with van der Waals surface area (Å²) in [5, 5.41) is 8.64. The SMILES string of the molecule is OCc1ccc(C[B-](F)(F)F)cc1.[K+]. The van der Waals surface area contributed by atoms with Gasteiger partial charge in [0.05, 0.1) is 6.61 Å². The number of hydrogen-bond donors (Lipinski definition) is 1. The van der Waals surface area contributed by atoms with Crippen LogP contribution in [0.1, 0.15) is 11.1 Å². The Balaban J connectivity index is 0.00000169. The number of aliphatic hydroxyl groups is 1. The van der Waals surface area contributed by atoms with E-state index < -0.39 is 13.3 Å². The maximum Gasteiger partial charge on any atom is 1.00 e. The Morgan fingerprint density at radius 3 is 1.79 bits per heavy atom. The number of benzene rings is 1. The molecule has 0 unspecified atom stereocenters. The molecule has 1 nitrogen and oxygen atoms in total. The molecule has 0 spiro atoms. The largest absolute Gasteiger partial charge is 1.00 e. The van der Waals surface area contributed by atoms with Gasteiger partial charge < -0.3 is 18.1 Å². The first-order valence-electron chi connectivity index (χ1n) is 3.91. The summed E-state index contributed by atoms with van der Waals surface area (Å²) in [7, 11) is 0. The fourth-order valence-corrected chi connectivity index (χ4v) is 1.05. The molecule has 1 aromatic rings. The average molecular weight is 228 g/mol. The van der Waals surface area contributed by atoms with E-state index >= 15 is 0 Å². The summed E-state index contributed by atoms with van der Waals surface area (Å²) in [6.07, 6.45) is -0.855. The number of hydrogen-bond acceptors (Lipinski definition) is 1. The summed E-state index contributed by atoms with van der Waals surface area (Å²) in [6, 6.07) is 5.77. The van der Waals surface area contributed by atoms with Crippen LogP contribution in [-0.4, -0.2) is 12.1 Å². The van der Waals surface area contributed by atoms with Crippen LogP contribution in [0.4, 0.5) is 12.9 Å². The van der Waals surface area contributed by atoms with Crippen LogP contribution in [0.2, 0.25) is 0 Å². The van der Waals surface area contributed by atoms with Gasteiger partial charge in [0.15, 0.2) is 0 Å². The molecular weight excluding hydrogens is 219 g/mol. The third-order valence-electron chi connectivity index (χ3n) is 1.67. The molecule has 1 aromatic carbocycles. The van der Waals surface area contributed by atoms with Gasteiger partial charge in [-0.05, 0) is 5.56 Å². The van der Waals surface area contributed by atoms with E-state index in [0.29, 0.717) is 5.56 Å². The van der Waals surface area contributed by atoms with Crippen LogP contribution in [0.3, 0.4) is 0 Å². The van der Waals surface area contributed by atoms with Crippen molar-refractivity contribution in [3.8, 4) is 0 Å². The predicted octanol–water partition coefficient (Wildman–Crippen LogP) is -0.888. The first-order chi connectivity index (χ1) is 6.01. The Bertz CT molecular complexity index is 273. The third kappa shape index (κ3) is 5.53. The van der Waals surface area contributed by atoms with Gasteiger partial charge in [0, 0.05) is 0 Å². The molecule has 0 aliphatic carbocycles.